The summed E-state index contributed by atoms with van der Waals surface area (Å²) < 4.78 is 5.93. The Bertz CT molecular complexity index is 417. The smallest absolute Gasteiger partial charge is 0.126 e. The molecule has 1 aliphatic rings. The van der Waals surface area contributed by atoms with Gasteiger partial charge in [-0.25, -0.2) is 0 Å². The molecule has 2 N–H and O–H groups in total. The van der Waals surface area contributed by atoms with Crippen LogP contribution in [0.25, 0.3) is 0 Å². The minimum absolute atomic E-state index is 0.336. The molecule has 0 fully saturated rings. The highest BCUT2D eigenvalue weighted by atomic mass is 16.5. The van der Waals surface area contributed by atoms with Crippen LogP contribution in [0.5, 0.6) is 5.75 Å². The second kappa shape index (κ2) is 4.90. The van der Waals surface area contributed by atoms with E-state index in [0.29, 0.717) is 13.0 Å². The Hall–Kier alpha value is -1.06. The van der Waals surface area contributed by atoms with Gasteiger partial charge in [-0.05, 0) is 32.9 Å². The van der Waals surface area contributed by atoms with Gasteiger partial charge in [0.2, 0.25) is 0 Å². The van der Waals surface area contributed by atoms with Gasteiger partial charge in [0.1, 0.15) is 17.0 Å². The van der Waals surface area contributed by atoms with Crippen LogP contribution in [0.2, 0.25) is 0 Å². The SMILES string of the molecule is CCCNCC1(O)CC(C)(C)Oc2ccccc21. The molecule has 0 radical (unpaired) electrons. The number of rotatable bonds is 4. The zero-order valence-electron chi connectivity index (χ0n) is 11.5. The molecule has 1 aromatic rings. The summed E-state index contributed by atoms with van der Waals surface area (Å²) in [5.74, 6) is 0.801. The summed E-state index contributed by atoms with van der Waals surface area (Å²) in [5.41, 5.74) is -0.280. The van der Waals surface area contributed by atoms with E-state index < -0.39 is 5.60 Å². The molecular formula is C15H23NO2. The van der Waals surface area contributed by atoms with Gasteiger partial charge in [-0.15, -0.1) is 0 Å². The summed E-state index contributed by atoms with van der Waals surface area (Å²) in [6.07, 6.45) is 1.67. The lowest BCUT2D eigenvalue weighted by molar-refractivity contribution is -0.0624. The molecule has 1 heterocycles. The van der Waals surface area contributed by atoms with Crippen LogP contribution in [-0.4, -0.2) is 23.8 Å². The van der Waals surface area contributed by atoms with Crippen molar-refractivity contribution in [2.24, 2.45) is 0 Å². The molecule has 0 aliphatic carbocycles. The fraction of sp³-hybridized carbons (Fsp3) is 0.600. The maximum absolute atomic E-state index is 10.9. The molecule has 0 saturated carbocycles. The third kappa shape index (κ3) is 2.68. The van der Waals surface area contributed by atoms with Crippen molar-refractivity contribution < 1.29 is 9.84 Å². The molecule has 0 bridgehead atoms. The molecule has 3 nitrogen and oxygen atoms in total. The third-order valence-electron chi connectivity index (χ3n) is 3.34. The van der Waals surface area contributed by atoms with Crippen molar-refractivity contribution in [3.8, 4) is 5.75 Å². The van der Waals surface area contributed by atoms with Gasteiger partial charge in [0.05, 0.1) is 0 Å². The molecule has 1 unspecified atom stereocenters. The van der Waals surface area contributed by atoms with E-state index >= 15 is 0 Å². The van der Waals surface area contributed by atoms with Gasteiger partial charge in [0, 0.05) is 18.5 Å². The Morgan fingerprint density at radius 2 is 2.06 bits per heavy atom. The summed E-state index contributed by atoms with van der Waals surface area (Å²) in [6, 6.07) is 7.78. The highest BCUT2D eigenvalue weighted by Crippen LogP contribution is 2.42. The first-order valence-corrected chi connectivity index (χ1v) is 6.68. The topological polar surface area (TPSA) is 41.5 Å². The zero-order chi connectivity index (χ0) is 13.2. The van der Waals surface area contributed by atoms with Gasteiger partial charge < -0.3 is 15.2 Å². The number of nitrogens with one attached hydrogen (secondary N) is 1. The molecule has 18 heavy (non-hydrogen) atoms. The highest BCUT2D eigenvalue weighted by Gasteiger charge is 2.43. The van der Waals surface area contributed by atoms with E-state index in [1.54, 1.807) is 0 Å². The first-order chi connectivity index (χ1) is 8.47. The molecule has 1 aliphatic heterocycles. The molecular weight excluding hydrogens is 226 g/mol. The fourth-order valence-electron chi connectivity index (χ4n) is 2.70. The van der Waals surface area contributed by atoms with E-state index in [9.17, 15) is 5.11 Å². The molecule has 1 aromatic carbocycles. The molecule has 0 spiro atoms. The van der Waals surface area contributed by atoms with Crippen molar-refractivity contribution in [3.63, 3.8) is 0 Å². The number of hydrogen-bond acceptors (Lipinski definition) is 3. The largest absolute Gasteiger partial charge is 0.487 e. The summed E-state index contributed by atoms with van der Waals surface area (Å²) in [7, 11) is 0. The van der Waals surface area contributed by atoms with Crippen molar-refractivity contribution >= 4 is 0 Å². The highest BCUT2D eigenvalue weighted by molar-refractivity contribution is 5.41. The molecule has 0 amide bonds. The molecule has 1 atom stereocenters. The van der Waals surface area contributed by atoms with Crippen LogP contribution in [0.4, 0.5) is 0 Å². The van der Waals surface area contributed by atoms with Gasteiger partial charge in [0.25, 0.3) is 0 Å². The van der Waals surface area contributed by atoms with Gasteiger partial charge in [-0.2, -0.15) is 0 Å². The van der Waals surface area contributed by atoms with Gasteiger partial charge in [0.15, 0.2) is 0 Å². The number of para-hydroxylation sites is 1. The van der Waals surface area contributed by atoms with Crippen LogP contribution in [0.15, 0.2) is 24.3 Å². The summed E-state index contributed by atoms with van der Waals surface area (Å²) in [5, 5.41) is 14.3. The van der Waals surface area contributed by atoms with Crippen molar-refractivity contribution in [3.05, 3.63) is 29.8 Å². The maximum atomic E-state index is 10.9. The van der Waals surface area contributed by atoms with E-state index in [1.165, 1.54) is 0 Å². The normalized spacial score (nSPS) is 25.3. The molecule has 0 saturated heterocycles. The van der Waals surface area contributed by atoms with Crippen molar-refractivity contribution in [1.29, 1.82) is 0 Å². The van der Waals surface area contributed by atoms with Crippen molar-refractivity contribution in [1.82, 2.24) is 5.32 Å². The standard InChI is InChI=1S/C15H23NO2/c1-4-9-16-11-15(17)10-14(2,3)18-13-8-6-5-7-12(13)15/h5-8,16-17H,4,9-11H2,1-3H3. The molecule has 0 aromatic heterocycles. The molecule has 100 valence electrons. The second-order valence-electron chi connectivity index (χ2n) is 5.74. The van der Waals surface area contributed by atoms with Crippen LogP contribution in [0.1, 0.15) is 39.2 Å². The van der Waals surface area contributed by atoms with Crippen LogP contribution in [0.3, 0.4) is 0 Å². The van der Waals surface area contributed by atoms with E-state index in [2.05, 4.69) is 12.2 Å². The molecule has 3 heteroatoms. The first kappa shape index (κ1) is 13.4. The van der Waals surface area contributed by atoms with Crippen LogP contribution in [-0.2, 0) is 5.60 Å². The van der Waals surface area contributed by atoms with Gasteiger partial charge in [-0.3, -0.25) is 0 Å². The number of fused-ring (bicyclic) bond motifs is 1. The summed E-state index contributed by atoms with van der Waals surface area (Å²) in [6.45, 7) is 7.66. The minimum atomic E-state index is -0.840. The Morgan fingerprint density at radius 3 is 2.78 bits per heavy atom. The number of ether oxygens (including phenoxy) is 1. The quantitative estimate of drug-likeness (QED) is 0.805. The maximum Gasteiger partial charge on any atom is 0.126 e. The Balaban J connectivity index is 2.28. The van der Waals surface area contributed by atoms with E-state index in [4.69, 9.17) is 4.74 Å². The average molecular weight is 249 g/mol. The number of hydrogen-bond donors (Lipinski definition) is 2. The number of benzene rings is 1. The van der Waals surface area contributed by atoms with E-state index in [0.717, 1.165) is 24.3 Å². The predicted molar refractivity (Wildman–Crippen MR) is 72.8 cm³/mol. The lowest BCUT2D eigenvalue weighted by Crippen LogP contribution is -2.49. The lowest BCUT2D eigenvalue weighted by atomic mass is 9.80. The van der Waals surface area contributed by atoms with Crippen LogP contribution >= 0.6 is 0 Å². The average Bonchev–Trinajstić information content (AvgIpc) is 2.27. The summed E-state index contributed by atoms with van der Waals surface area (Å²) >= 11 is 0. The van der Waals surface area contributed by atoms with Crippen LogP contribution in [0, 0.1) is 0 Å². The van der Waals surface area contributed by atoms with E-state index in [-0.39, 0.29) is 5.60 Å². The summed E-state index contributed by atoms with van der Waals surface area (Å²) in [4.78, 5) is 0. The Morgan fingerprint density at radius 1 is 1.33 bits per heavy atom. The lowest BCUT2D eigenvalue weighted by Gasteiger charge is -2.43. The Kier molecular flexibility index (Phi) is 3.64. The third-order valence-corrected chi connectivity index (χ3v) is 3.34. The number of aliphatic hydroxyl groups is 1. The monoisotopic (exact) mass is 249 g/mol. The zero-order valence-corrected chi connectivity index (χ0v) is 11.5. The van der Waals surface area contributed by atoms with Gasteiger partial charge in [-0.1, -0.05) is 25.1 Å². The molecule has 2 rings (SSSR count). The van der Waals surface area contributed by atoms with Crippen molar-refractivity contribution in [2.75, 3.05) is 13.1 Å². The van der Waals surface area contributed by atoms with Crippen LogP contribution < -0.4 is 10.1 Å². The fourth-order valence-corrected chi connectivity index (χ4v) is 2.70. The minimum Gasteiger partial charge on any atom is -0.487 e. The predicted octanol–water partition coefficient (Wildman–Crippen LogP) is 2.43. The van der Waals surface area contributed by atoms with E-state index in [1.807, 2.05) is 38.1 Å². The van der Waals surface area contributed by atoms with Gasteiger partial charge >= 0.3 is 0 Å². The van der Waals surface area contributed by atoms with Crippen molar-refractivity contribution in [2.45, 2.75) is 44.8 Å². The first-order valence-electron chi connectivity index (χ1n) is 6.68. The Labute approximate surface area is 109 Å². The second-order valence-corrected chi connectivity index (χ2v) is 5.74.